The Morgan fingerprint density at radius 3 is 2.42 bits per heavy atom. The summed E-state index contributed by atoms with van der Waals surface area (Å²) in [5.74, 6) is -0.202. The quantitative estimate of drug-likeness (QED) is 0.876. The van der Waals surface area contributed by atoms with Gasteiger partial charge in [-0.15, -0.1) is 0 Å². The van der Waals surface area contributed by atoms with Crippen LogP contribution in [0.15, 0.2) is 40.9 Å². The van der Waals surface area contributed by atoms with Crippen molar-refractivity contribution in [1.82, 2.24) is 5.32 Å². The lowest BCUT2D eigenvalue weighted by Crippen LogP contribution is -2.19. The van der Waals surface area contributed by atoms with Crippen LogP contribution in [-0.4, -0.2) is 7.05 Å². The first-order valence-electron chi connectivity index (χ1n) is 6.23. The van der Waals surface area contributed by atoms with Gasteiger partial charge in [-0.25, -0.2) is 4.39 Å². The van der Waals surface area contributed by atoms with Gasteiger partial charge in [0.1, 0.15) is 5.82 Å². The summed E-state index contributed by atoms with van der Waals surface area (Å²) in [5.41, 5.74) is 4.17. The highest BCUT2D eigenvalue weighted by molar-refractivity contribution is 9.10. The fourth-order valence-corrected chi connectivity index (χ4v) is 2.78. The predicted octanol–water partition coefficient (Wildman–Crippen LogP) is 4.51. The Hall–Kier alpha value is -1.19. The van der Waals surface area contributed by atoms with E-state index in [1.165, 1.54) is 17.2 Å². The topological polar surface area (TPSA) is 12.0 Å². The number of rotatable bonds is 3. The molecule has 19 heavy (non-hydrogen) atoms. The minimum Gasteiger partial charge on any atom is -0.309 e. The van der Waals surface area contributed by atoms with Gasteiger partial charge in [0.05, 0.1) is 6.04 Å². The van der Waals surface area contributed by atoms with Crippen LogP contribution < -0.4 is 5.32 Å². The highest BCUT2D eigenvalue weighted by Gasteiger charge is 2.19. The number of halogens is 2. The first-order valence-corrected chi connectivity index (χ1v) is 7.02. The third kappa shape index (κ3) is 2.88. The Balaban J connectivity index is 2.53. The van der Waals surface area contributed by atoms with Crippen molar-refractivity contribution >= 4 is 15.9 Å². The van der Waals surface area contributed by atoms with Crippen LogP contribution in [0, 0.1) is 19.7 Å². The van der Waals surface area contributed by atoms with Crippen molar-refractivity contribution in [2.75, 3.05) is 7.05 Å². The summed E-state index contributed by atoms with van der Waals surface area (Å²) < 4.78 is 14.9. The van der Waals surface area contributed by atoms with Crippen molar-refractivity contribution in [3.8, 4) is 0 Å². The average Bonchev–Trinajstić information content (AvgIpc) is 2.37. The molecule has 1 N–H and O–H groups in total. The Kier molecular flexibility index (Phi) is 4.38. The van der Waals surface area contributed by atoms with Gasteiger partial charge in [0, 0.05) is 10.0 Å². The standard InChI is InChI=1S/C16H17BrFN/c1-10-7-8-12(9-11(10)2)16(19-3)15-13(17)5-4-6-14(15)18/h4-9,16,19H,1-3H3. The molecule has 0 aliphatic rings. The molecule has 0 aliphatic carbocycles. The maximum Gasteiger partial charge on any atom is 0.129 e. The summed E-state index contributed by atoms with van der Waals surface area (Å²) in [7, 11) is 1.85. The molecule has 0 saturated carbocycles. The van der Waals surface area contributed by atoms with Crippen molar-refractivity contribution in [2.45, 2.75) is 19.9 Å². The van der Waals surface area contributed by atoms with Crippen LogP contribution in [0.4, 0.5) is 4.39 Å². The van der Waals surface area contributed by atoms with E-state index >= 15 is 0 Å². The summed E-state index contributed by atoms with van der Waals surface area (Å²) >= 11 is 3.44. The molecular formula is C16H17BrFN. The van der Waals surface area contributed by atoms with E-state index in [9.17, 15) is 4.39 Å². The highest BCUT2D eigenvalue weighted by Crippen LogP contribution is 2.31. The fourth-order valence-electron chi connectivity index (χ4n) is 2.21. The number of hydrogen-bond acceptors (Lipinski definition) is 1. The van der Waals surface area contributed by atoms with Gasteiger partial charge < -0.3 is 5.32 Å². The number of nitrogens with one attached hydrogen (secondary N) is 1. The molecule has 100 valence electrons. The SMILES string of the molecule is CNC(c1ccc(C)c(C)c1)c1c(F)cccc1Br. The minimum atomic E-state index is -0.202. The molecule has 1 atom stereocenters. The lowest BCUT2D eigenvalue weighted by molar-refractivity contribution is 0.573. The van der Waals surface area contributed by atoms with E-state index in [-0.39, 0.29) is 11.9 Å². The second kappa shape index (κ2) is 5.85. The maximum atomic E-state index is 14.1. The van der Waals surface area contributed by atoms with Crippen molar-refractivity contribution < 1.29 is 4.39 Å². The minimum absolute atomic E-state index is 0.158. The van der Waals surface area contributed by atoms with Gasteiger partial charge >= 0.3 is 0 Å². The highest BCUT2D eigenvalue weighted by atomic mass is 79.9. The number of hydrogen-bond donors (Lipinski definition) is 1. The molecule has 0 radical (unpaired) electrons. The van der Waals surface area contributed by atoms with Crippen LogP contribution in [0.3, 0.4) is 0 Å². The zero-order chi connectivity index (χ0) is 14.0. The molecule has 0 aromatic heterocycles. The summed E-state index contributed by atoms with van der Waals surface area (Å²) in [5, 5.41) is 3.19. The van der Waals surface area contributed by atoms with E-state index in [4.69, 9.17) is 0 Å². The number of aryl methyl sites for hydroxylation is 2. The molecule has 0 heterocycles. The second-order valence-electron chi connectivity index (χ2n) is 4.70. The molecule has 0 amide bonds. The van der Waals surface area contributed by atoms with Crippen molar-refractivity contribution in [3.63, 3.8) is 0 Å². The fraction of sp³-hybridized carbons (Fsp3) is 0.250. The van der Waals surface area contributed by atoms with Gasteiger partial charge in [0.15, 0.2) is 0 Å². The van der Waals surface area contributed by atoms with Gasteiger partial charge in [-0.05, 0) is 49.7 Å². The average molecular weight is 322 g/mol. The van der Waals surface area contributed by atoms with Crippen LogP contribution >= 0.6 is 15.9 Å². The van der Waals surface area contributed by atoms with E-state index in [1.54, 1.807) is 6.07 Å². The van der Waals surface area contributed by atoms with Crippen LogP contribution in [0.2, 0.25) is 0 Å². The molecule has 0 aliphatic heterocycles. The monoisotopic (exact) mass is 321 g/mol. The third-order valence-corrected chi connectivity index (χ3v) is 4.13. The molecule has 3 heteroatoms. The number of benzene rings is 2. The Labute approximate surface area is 122 Å². The molecule has 0 spiro atoms. The molecule has 1 nitrogen and oxygen atoms in total. The Bertz CT molecular complexity index is 575. The largest absolute Gasteiger partial charge is 0.309 e. The second-order valence-corrected chi connectivity index (χ2v) is 5.56. The van der Waals surface area contributed by atoms with Crippen LogP contribution in [0.25, 0.3) is 0 Å². The van der Waals surface area contributed by atoms with Crippen LogP contribution in [0.1, 0.15) is 28.3 Å². The summed E-state index contributed by atoms with van der Waals surface area (Å²) in [6.07, 6.45) is 0. The predicted molar refractivity (Wildman–Crippen MR) is 80.9 cm³/mol. The lowest BCUT2D eigenvalue weighted by atomic mass is 9.95. The zero-order valence-corrected chi connectivity index (χ0v) is 12.9. The van der Waals surface area contributed by atoms with E-state index in [2.05, 4.69) is 47.2 Å². The molecule has 0 saturated heterocycles. The molecular weight excluding hydrogens is 305 g/mol. The van der Waals surface area contributed by atoms with Gasteiger partial charge in [-0.2, -0.15) is 0 Å². The first-order chi connectivity index (χ1) is 9.04. The zero-order valence-electron chi connectivity index (χ0n) is 11.3. The van der Waals surface area contributed by atoms with Crippen molar-refractivity contribution in [2.24, 2.45) is 0 Å². The molecule has 0 fully saturated rings. The van der Waals surface area contributed by atoms with Gasteiger partial charge in [0.2, 0.25) is 0 Å². The molecule has 0 bridgehead atoms. The molecule has 2 rings (SSSR count). The van der Waals surface area contributed by atoms with E-state index in [0.717, 1.165) is 10.0 Å². The normalized spacial score (nSPS) is 12.5. The Morgan fingerprint density at radius 2 is 1.84 bits per heavy atom. The Morgan fingerprint density at radius 1 is 1.11 bits per heavy atom. The van der Waals surface area contributed by atoms with Crippen LogP contribution in [-0.2, 0) is 0 Å². The van der Waals surface area contributed by atoms with Crippen LogP contribution in [0.5, 0.6) is 0 Å². The molecule has 2 aromatic rings. The smallest absolute Gasteiger partial charge is 0.129 e. The van der Waals surface area contributed by atoms with E-state index in [1.807, 2.05) is 19.2 Å². The van der Waals surface area contributed by atoms with E-state index in [0.29, 0.717) is 5.56 Å². The summed E-state index contributed by atoms with van der Waals surface area (Å²) in [6, 6.07) is 11.1. The first kappa shape index (κ1) is 14.2. The summed E-state index contributed by atoms with van der Waals surface area (Å²) in [6.45, 7) is 4.15. The molecule has 2 aromatic carbocycles. The van der Waals surface area contributed by atoms with E-state index < -0.39 is 0 Å². The van der Waals surface area contributed by atoms with Crippen molar-refractivity contribution in [3.05, 3.63) is 68.9 Å². The summed E-state index contributed by atoms with van der Waals surface area (Å²) in [4.78, 5) is 0. The lowest BCUT2D eigenvalue weighted by Gasteiger charge is -2.20. The van der Waals surface area contributed by atoms with Crippen molar-refractivity contribution in [1.29, 1.82) is 0 Å². The van der Waals surface area contributed by atoms with Gasteiger partial charge in [-0.3, -0.25) is 0 Å². The molecule has 1 unspecified atom stereocenters. The van der Waals surface area contributed by atoms with Gasteiger partial charge in [0.25, 0.3) is 0 Å². The third-order valence-electron chi connectivity index (χ3n) is 3.44. The maximum absolute atomic E-state index is 14.1. The van der Waals surface area contributed by atoms with Gasteiger partial charge in [-0.1, -0.05) is 40.2 Å².